The topological polar surface area (TPSA) is 149 Å². The zero-order chi connectivity index (χ0) is 26.6. The van der Waals surface area contributed by atoms with E-state index in [1.807, 2.05) is 6.92 Å². The number of aromatic nitrogens is 2. The van der Waals surface area contributed by atoms with Gasteiger partial charge >= 0.3 is 5.97 Å². The van der Waals surface area contributed by atoms with Crippen LogP contribution in [0.25, 0.3) is 0 Å². The molecular formula is C24H28N4O7S. The fourth-order valence-corrected chi connectivity index (χ4v) is 4.78. The number of carboxylic acids is 1. The first-order valence-electron chi connectivity index (χ1n) is 11.0. The molecule has 1 heterocycles. The molecule has 3 rings (SSSR count). The fourth-order valence-electron chi connectivity index (χ4n) is 3.30. The molecule has 3 aromatic rings. The number of methoxy groups -OCH3 is 1. The van der Waals surface area contributed by atoms with Gasteiger partial charge < -0.3 is 19.9 Å². The smallest absolute Gasteiger partial charge is 0.356 e. The number of sulfonamides is 1. The molecule has 2 aromatic carbocycles. The zero-order valence-corrected chi connectivity index (χ0v) is 21.3. The van der Waals surface area contributed by atoms with Crippen LogP contribution in [0.5, 0.6) is 17.4 Å². The van der Waals surface area contributed by atoms with Crippen molar-refractivity contribution in [2.45, 2.75) is 38.1 Å². The lowest BCUT2D eigenvalue weighted by Gasteiger charge is -2.17. The van der Waals surface area contributed by atoms with Crippen LogP contribution >= 0.6 is 0 Å². The van der Waals surface area contributed by atoms with Crippen LogP contribution in [0, 0.1) is 6.92 Å². The van der Waals surface area contributed by atoms with Crippen molar-refractivity contribution < 1.29 is 32.6 Å². The highest BCUT2D eigenvalue weighted by Crippen LogP contribution is 2.34. The summed E-state index contributed by atoms with van der Waals surface area (Å²) >= 11 is 0. The van der Waals surface area contributed by atoms with Crippen LogP contribution in [0.1, 0.15) is 46.7 Å². The van der Waals surface area contributed by atoms with E-state index in [0.29, 0.717) is 17.7 Å². The average Bonchev–Trinajstić information content (AvgIpc) is 3.13. The second-order valence-electron chi connectivity index (χ2n) is 8.08. The highest BCUT2D eigenvalue weighted by atomic mass is 32.2. The second-order valence-corrected chi connectivity index (χ2v) is 9.77. The molecule has 0 aliphatic heterocycles. The van der Waals surface area contributed by atoms with Gasteiger partial charge in [0.25, 0.3) is 5.91 Å². The minimum atomic E-state index is -4.08. The fraction of sp³-hybridized carbons (Fsp3) is 0.292. The second kappa shape index (κ2) is 10.8. The van der Waals surface area contributed by atoms with E-state index in [-0.39, 0.29) is 39.5 Å². The van der Waals surface area contributed by atoms with Crippen LogP contribution < -0.4 is 19.5 Å². The third-order valence-corrected chi connectivity index (χ3v) is 7.05. The molecule has 1 amide bonds. The number of aromatic carboxylic acids is 1. The van der Waals surface area contributed by atoms with E-state index >= 15 is 0 Å². The van der Waals surface area contributed by atoms with Gasteiger partial charge in [0.05, 0.1) is 7.11 Å². The highest BCUT2D eigenvalue weighted by molar-refractivity contribution is 7.89. The Bertz CT molecular complexity index is 1380. The third-order valence-electron chi connectivity index (χ3n) is 5.44. The maximum Gasteiger partial charge on any atom is 0.356 e. The van der Waals surface area contributed by atoms with Crippen LogP contribution in [0.3, 0.4) is 0 Å². The van der Waals surface area contributed by atoms with Crippen LogP contribution in [-0.2, 0) is 17.1 Å². The van der Waals surface area contributed by atoms with E-state index in [4.69, 9.17) is 9.47 Å². The van der Waals surface area contributed by atoms with Crippen LogP contribution in [0.4, 0.5) is 5.69 Å². The molecule has 11 nitrogen and oxygen atoms in total. The number of nitrogens with one attached hydrogen (secondary N) is 2. The number of carbonyl (C=O) groups is 2. The van der Waals surface area contributed by atoms with Gasteiger partial charge in [0.2, 0.25) is 15.9 Å². The minimum Gasteiger partial charge on any atom is -0.497 e. The maximum atomic E-state index is 13.2. The number of carbonyl (C=O) groups excluding carboxylic acids is 1. The molecule has 192 valence electrons. The van der Waals surface area contributed by atoms with Crippen LogP contribution in [0.15, 0.2) is 47.4 Å². The minimum absolute atomic E-state index is 0.0590. The number of ether oxygens (including phenoxy) is 2. The number of carboxylic acid groups (broad SMARTS) is 1. The van der Waals surface area contributed by atoms with Gasteiger partial charge in [0.1, 0.15) is 16.4 Å². The third kappa shape index (κ3) is 5.83. The molecule has 0 aliphatic rings. The Morgan fingerprint density at radius 3 is 2.39 bits per heavy atom. The van der Waals surface area contributed by atoms with Crippen LogP contribution in [0.2, 0.25) is 0 Å². The predicted octanol–water partition coefficient (Wildman–Crippen LogP) is 3.56. The average molecular weight is 517 g/mol. The van der Waals surface area contributed by atoms with Gasteiger partial charge in [0.15, 0.2) is 5.69 Å². The van der Waals surface area contributed by atoms with Gasteiger partial charge in [-0.15, -0.1) is 0 Å². The van der Waals surface area contributed by atoms with Crippen molar-refractivity contribution in [2.75, 3.05) is 12.4 Å². The first-order chi connectivity index (χ1) is 17.0. The molecular weight excluding hydrogens is 488 g/mol. The molecule has 0 radical (unpaired) electrons. The molecule has 0 aliphatic carbocycles. The first-order valence-corrected chi connectivity index (χ1v) is 12.5. The maximum absolute atomic E-state index is 13.2. The summed E-state index contributed by atoms with van der Waals surface area (Å²) in [7, 11) is -1.07. The van der Waals surface area contributed by atoms with E-state index in [0.717, 1.165) is 0 Å². The quantitative estimate of drug-likeness (QED) is 0.370. The first kappa shape index (κ1) is 26.7. The Balaban J connectivity index is 2.01. The van der Waals surface area contributed by atoms with E-state index in [1.54, 1.807) is 31.2 Å². The molecule has 36 heavy (non-hydrogen) atoms. The van der Waals surface area contributed by atoms with Gasteiger partial charge in [-0.3, -0.25) is 4.79 Å². The van der Waals surface area contributed by atoms with Crippen molar-refractivity contribution in [3.05, 3.63) is 59.3 Å². The Kier molecular flexibility index (Phi) is 8.00. The lowest BCUT2D eigenvalue weighted by molar-refractivity contribution is 0.0688. The van der Waals surface area contributed by atoms with E-state index in [9.17, 15) is 23.1 Å². The van der Waals surface area contributed by atoms with Crippen molar-refractivity contribution in [1.82, 2.24) is 14.5 Å². The molecule has 1 atom stereocenters. The molecule has 0 fully saturated rings. The zero-order valence-electron chi connectivity index (χ0n) is 20.5. The highest BCUT2D eigenvalue weighted by Gasteiger charge is 2.26. The summed E-state index contributed by atoms with van der Waals surface area (Å²) in [5, 5.41) is 15.9. The summed E-state index contributed by atoms with van der Waals surface area (Å²) in [6.07, 6.45) is 0.548. The number of benzene rings is 2. The Hall–Kier alpha value is -3.90. The van der Waals surface area contributed by atoms with Crippen molar-refractivity contribution in [3.63, 3.8) is 0 Å². The summed E-state index contributed by atoms with van der Waals surface area (Å²) < 4.78 is 41.2. The number of aryl methyl sites for hydroxylation is 1. The monoisotopic (exact) mass is 516 g/mol. The molecule has 0 unspecified atom stereocenters. The largest absolute Gasteiger partial charge is 0.497 e. The van der Waals surface area contributed by atoms with Gasteiger partial charge in [-0.2, -0.15) is 5.10 Å². The molecule has 1 aromatic heterocycles. The summed E-state index contributed by atoms with van der Waals surface area (Å²) in [5.74, 6) is -1.08. The Morgan fingerprint density at radius 2 is 1.83 bits per heavy atom. The van der Waals surface area contributed by atoms with Crippen molar-refractivity contribution in [3.8, 4) is 17.4 Å². The number of hydrogen-bond acceptors (Lipinski definition) is 7. The van der Waals surface area contributed by atoms with Crippen molar-refractivity contribution in [1.29, 1.82) is 0 Å². The number of hydrogen-bond donors (Lipinski definition) is 3. The Morgan fingerprint density at radius 1 is 1.17 bits per heavy atom. The van der Waals surface area contributed by atoms with Gasteiger partial charge in [0, 0.05) is 29.9 Å². The molecule has 0 saturated carbocycles. The summed E-state index contributed by atoms with van der Waals surface area (Å²) in [6.45, 7) is 5.07. The van der Waals surface area contributed by atoms with E-state index in [2.05, 4.69) is 15.1 Å². The standard InChI is InChI=1S/C24H28N4O7S/c1-6-14(2)27-36(32,33)20-13-17(25-22(29)16-7-10-18(34-5)11-8-16)9-12-19(20)35-23-15(3)21(24(30)31)26-28(23)4/h7-14,27H,6H2,1-5H3,(H,25,29)(H,30,31)/t14-/m1/s1. The number of amides is 1. The molecule has 0 saturated heterocycles. The normalized spacial score (nSPS) is 12.1. The van der Waals surface area contributed by atoms with Crippen molar-refractivity contribution >= 4 is 27.6 Å². The summed E-state index contributed by atoms with van der Waals surface area (Å²) in [4.78, 5) is 23.9. The lowest BCUT2D eigenvalue weighted by Crippen LogP contribution is -2.32. The SMILES string of the molecule is CC[C@@H](C)NS(=O)(=O)c1cc(NC(=O)c2ccc(OC)cc2)ccc1Oc1c(C)c(C(=O)O)nn1C. The molecule has 0 bridgehead atoms. The van der Waals surface area contributed by atoms with E-state index in [1.165, 1.54) is 44.0 Å². The van der Waals surface area contributed by atoms with Gasteiger partial charge in [-0.05, 0) is 62.7 Å². The molecule has 0 spiro atoms. The summed E-state index contributed by atoms with van der Waals surface area (Å²) in [5.41, 5.74) is 0.601. The molecule has 12 heteroatoms. The van der Waals surface area contributed by atoms with Crippen molar-refractivity contribution in [2.24, 2.45) is 7.05 Å². The van der Waals surface area contributed by atoms with Gasteiger partial charge in [-0.25, -0.2) is 22.6 Å². The summed E-state index contributed by atoms with van der Waals surface area (Å²) in [6, 6.07) is 10.2. The van der Waals surface area contributed by atoms with E-state index < -0.39 is 21.9 Å². The van der Waals surface area contributed by atoms with Gasteiger partial charge in [-0.1, -0.05) is 6.92 Å². The number of rotatable bonds is 10. The number of nitrogens with zero attached hydrogens (tertiary/aromatic N) is 2. The predicted molar refractivity (Wildman–Crippen MR) is 132 cm³/mol. The van der Waals surface area contributed by atoms with Crippen LogP contribution in [-0.4, -0.2) is 48.3 Å². The number of anilines is 1. The Labute approximate surface area is 209 Å². The molecule has 3 N–H and O–H groups in total. The lowest BCUT2D eigenvalue weighted by atomic mass is 10.2.